The van der Waals surface area contributed by atoms with Crippen LogP contribution in [0.1, 0.15) is 39.0 Å². The van der Waals surface area contributed by atoms with Crippen molar-refractivity contribution in [3.8, 4) is 22.6 Å². The van der Waals surface area contributed by atoms with Gasteiger partial charge in [-0.2, -0.15) is 0 Å². The largest absolute Gasteiger partial charge is 0.507 e. The van der Waals surface area contributed by atoms with E-state index in [1.165, 1.54) is 16.7 Å². The van der Waals surface area contributed by atoms with E-state index < -0.39 is 0 Å². The summed E-state index contributed by atoms with van der Waals surface area (Å²) in [7, 11) is 0. The number of hydrogen-bond acceptors (Lipinski definition) is 3. The smallest absolute Gasteiger partial charge is 0.154 e. The first-order valence-electron chi connectivity index (χ1n) is 9.28. The maximum atomic E-state index is 11.3. The Balaban J connectivity index is 1.63. The Labute approximate surface area is 159 Å². The molecule has 0 bridgehead atoms. The molecule has 3 heteroatoms. The van der Waals surface area contributed by atoms with Gasteiger partial charge in [0.25, 0.3) is 0 Å². The molecule has 0 aliphatic heterocycles. The maximum absolute atomic E-state index is 11.3. The monoisotopic (exact) mass is 358 g/mol. The summed E-state index contributed by atoms with van der Waals surface area (Å²) in [6, 6.07) is 18.1. The first-order valence-corrected chi connectivity index (χ1v) is 9.28. The highest BCUT2D eigenvalue weighted by molar-refractivity contribution is 5.83. The first-order chi connectivity index (χ1) is 13.2. The van der Waals surface area contributed by atoms with Gasteiger partial charge < -0.3 is 9.84 Å². The molecule has 1 N–H and O–H groups in total. The van der Waals surface area contributed by atoms with Gasteiger partial charge in [-0.3, -0.25) is 4.79 Å². The SMILES string of the molecule is Cc1c(COc2cc(O)c(C=O)c3c2CCC3)cccc1-c1ccccc1. The third-order valence-electron chi connectivity index (χ3n) is 5.42. The van der Waals surface area contributed by atoms with E-state index >= 15 is 0 Å². The molecule has 136 valence electrons. The minimum Gasteiger partial charge on any atom is -0.507 e. The number of aromatic hydroxyl groups is 1. The fourth-order valence-electron chi connectivity index (χ4n) is 3.94. The van der Waals surface area contributed by atoms with Crippen molar-refractivity contribution >= 4 is 6.29 Å². The number of phenolic OH excluding ortho intramolecular Hbond substituents is 1. The zero-order valence-electron chi connectivity index (χ0n) is 15.4. The van der Waals surface area contributed by atoms with Gasteiger partial charge in [0.1, 0.15) is 18.1 Å². The number of rotatable bonds is 5. The lowest BCUT2D eigenvalue weighted by Crippen LogP contribution is -2.03. The van der Waals surface area contributed by atoms with Crippen molar-refractivity contribution in [2.75, 3.05) is 0 Å². The van der Waals surface area contributed by atoms with Crippen molar-refractivity contribution in [2.24, 2.45) is 0 Å². The zero-order valence-corrected chi connectivity index (χ0v) is 15.4. The Bertz CT molecular complexity index is 990. The molecule has 0 fully saturated rings. The predicted molar refractivity (Wildman–Crippen MR) is 106 cm³/mol. The van der Waals surface area contributed by atoms with Crippen molar-refractivity contribution in [3.63, 3.8) is 0 Å². The fraction of sp³-hybridized carbons (Fsp3) is 0.208. The highest BCUT2D eigenvalue weighted by atomic mass is 16.5. The van der Waals surface area contributed by atoms with Gasteiger partial charge in [-0.15, -0.1) is 0 Å². The van der Waals surface area contributed by atoms with Crippen molar-refractivity contribution in [3.05, 3.63) is 82.4 Å². The van der Waals surface area contributed by atoms with E-state index in [0.717, 1.165) is 42.2 Å². The van der Waals surface area contributed by atoms with Crippen LogP contribution >= 0.6 is 0 Å². The molecule has 27 heavy (non-hydrogen) atoms. The number of benzene rings is 3. The van der Waals surface area contributed by atoms with Crippen LogP contribution in [0.4, 0.5) is 0 Å². The van der Waals surface area contributed by atoms with E-state index in [2.05, 4.69) is 31.2 Å². The molecule has 1 aliphatic rings. The van der Waals surface area contributed by atoms with Crippen LogP contribution in [-0.2, 0) is 19.4 Å². The lowest BCUT2D eigenvalue weighted by atomic mass is 9.97. The lowest BCUT2D eigenvalue weighted by Gasteiger charge is -2.16. The molecule has 4 rings (SSSR count). The topological polar surface area (TPSA) is 46.5 Å². The van der Waals surface area contributed by atoms with E-state index in [1.54, 1.807) is 6.07 Å². The number of aldehydes is 1. The van der Waals surface area contributed by atoms with Crippen molar-refractivity contribution < 1.29 is 14.6 Å². The molecule has 3 nitrogen and oxygen atoms in total. The van der Waals surface area contributed by atoms with Crippen LogP contribution in [0.25, 0.3) is 11.1 Å². The fourth-order valence-corrected chi connectivity index (χ4v) is 3.94. The van der Waals surface area contributed by atoms with Gasteiger partial charge in [-0.05, 0) is 59.6 Å². The molecule has 0 saturated heterocycles. The van der Waals surface area contributed by atoms with Crippen molar-refractivity contribution in [1.29, 1.82) is 0 Å². The summed E-state index contributed by atoms with van der Waals surface area (Å²) in [4.78, 5) is 11.3. The summed E-state index contributed by atoms with van der Waals surface area (Å²) in [5, 5.41) is 10.2. The van der Waals surface area contributed by atoms with Gasteiger partial charge in [0.15, 0.2) is 6.29 Å². The van der Waals surface area contributed by atoms with Crippen LogP contribution in [0, 0.1) is 6.92 Å². The third-order valence-corrected chi connectivity index (χ3v) is 5.42. The highest BCUT2D eigenvalue weighted by Crippen LogP contribution is 2.38. The molecule has 0 saturated carbocycles. The summed E-state index contributed by atoms with van der Waals surface area (Å²) in [6.07, 6.45) is 3.43. The van der Waals surface area contributed by atoms with E-state index in [-0.39, 0.29) is 5.75 Å². The molecule has 3 aromatic rings. The molecular formula is C24H22O3. The molecule has 0 spiro atoms. The average Bonchev–Trinajstić information content (AvgIpc) is 3.17. The Kier molecular flexibility index (Phi) is 4.68. The van der Waals surface area contributed by atoms with Gasteiger partial charge in [-0.1, -0.05) is 48.5 Å². The maximum Gasteiger partial charge on any atom is 0.154 e. The summed E-state index contributed by atoms with van der Waals surface area (Å²) >= 11 is 0. The second kappa shape index (κ2) is 7.28. The van der Waals surface area contributed by atoms with Crippen LogP contribution in [0.5, 0.6) is 11.5 Å². The summed E-state index contributed by atoms with van der Waals surface area (Å²) in [6.45, 7) is 2.54. The molecule has 0 heterocycles. The molecule has 0 aromatic heterocycles. The second-order valence-electron chi connectivity index (χ2n) is 6.98. The summed E-state index contributed by atoms with van der Waals surface area (Å²) in [5.41, 5.74) is 7.10. The molecule has 1 aliphatic carbocycles. The highest BCUT2D eigenvalue weighted by Gasteiger charge is 2.22. The molecule has 0 radical (unpaired) electrons. The van der Waals surface area contributed by atoms with Crippen molar-refractivity contribution in [2.45, 2.75) is 32.8 Å². The number of carbonyl (C=O) groups is 1. The number of ether oxygens (including phenoxy) is 1. The van der Waals surface area contributed by atoms with Crippen LogP contribution in [-0.4, -0.2) is 11.4 Å². The van der Waals surface area contributed by atoms with Crippen LogP contribution in [0.3, 0.4) is 0 Å². The minimum atomic E-state index is 0.00964. The molecular weight excluding hydrogens is 336 g/mol. The average molecular weight is 358 g/mol. The normalized spacial score (nSPS) is 12.6. The van der Waals surface area contributed by atoms with Gasteiger partial charge in [-0.25, -0.2) is 0 Å². The Morgan fingerprint density at radius 2 is 1.81 bits per heavy atom. The first kappa shape index (κ1) is 17.3. The van der Waals surface area contributed by atoms with E-state index in [4.69, 9.17) is 4.74 Å². The van der Waals surface area contributed by atoms with Gasteiger partial charge in [0, 0.05) is 6.07 Å². The number of hydrogen-bond donors (Lipinski definition) is 1. The standard InChI is InChI=1S/C24H22O3/c1-16-18(9-5-10-19(16)17-7-3-2-4-8-17)15-27-24-13-23(26)22(14-25)20-11-6-12-21(20)24/h2-5,7-10,13-14,26H,6,11-12,15H2,1H3. The van der Waals surface area contributed by atoms with Crippen LogP contribution in [0.2, 0.25) is 0 Å². The minimum absolute atomic E-state index is 0.00964. The molecule has 3 aromatic carbocycles. The molecule has 0 unspecified atom stereocenters. The Morgan fingerprint density at radius 1 is 1.04 bits per heavy atom. The summed E-state index contributed by atoms with van der Waals surface area (Å²) in [5.74, 6) is 0.700. The Morgan fingerprint density at radius 3 is 2.59 bits per heavy atom. The quantitative estimate of drug-likeness (QED) is 0.634. The zero-order chi connectivity index (χ0) is 18.8. The van der Waals surface area contributed by atoms with E-state index in [0.29, 0.717) is 17.9 Å². The van der Waals surface area contributed by atoms with Gasteiger partial charge in [0.2, 0.25) is 0 Å². The van der Waals surface area contributed by atoms with Gasteiger partial charge in [0.05, 0.1) is 5.56 Å². The van der Waals surface area contributed by atoms with Crippen LogP contribution < -0.4 is 4.74 Å². The third kappa shape index (κ3) is 3.21. The van der Waals surface area contributed by atoms with E-state index in [1.807, 2.05) is 24.3 Å². The number of phenols is 1. The van der Waals surface area contributed by atoms with E-state index in [9.17, 15) is 9.90 Å². The molecule has 0 atom stereocenters. The van der Waals surface area contributed by atoms with Gasteiger partial charge >= 0.3 is 0 Å². The van der Waals surface area contributed by atoms with Crippen molar-refractivity contribution in [1.82, 2.24) is 0 Å². The number of fused-ring (bicyclic) bond motifs is 1. The lowest BCUT2D eigenvalue weighted by molar-refractivity contribution is 0.112. The second-order valence-corrected chi connectivity index (χ2v) is 6.98. The summed E-state index contributed by atoms with van der Waals surface area (Å²) < 4.78 is 6.11. The van der Waals surface area contributed by atoms with Crippen LogP contribution in [0.15, 0.2) is 54.6 Å². The predicted octanol–water partition coefficient (Wildman–Crippen LogP) is 5.25. The number of carbonyl (C=O) groups excluding carboxylic acids is 1. The Hall–Kier alpha value is -3.07. The molecule has 0 amide bonds.